The topological polar surface area (TPSA) is 78.4 Å². The van der Waals surface area contributed by atoms with Gasteiger partial charge >= 0.3 is 5.69 Å². The van der Waals surface area contributed by atoms with E-state index < -0.39 is 0 Å². The molecule has 144 valence electrons. The second kappa shape index (κ2) is 7.21. The number of aryl methyl sites for hydroxylation is 1. The third-order valence-corrected chi connectivity index (χ3v) is 5.97. The molecule has 4 rings (SSSR count). The molecule has 2 aromatic rings. The summed E-state index contributed by atoms with van der Waals surface area (Å²) in [5.74, 6) is 0.636. The highest BCUT2D eigenvalue weighted by Gasteiger charge is 2.27. The molecule has 0 atom stereocenters. The van der Waals surface area contributed by atoms with Crippen LogP contribution in [0.2, 0.25) is 0 Å². The molecule has 1 aromatic heterocycles. The normalized spacial score (nSPS) is 18.4. The lowest BCUT2D eigenvalue weighted by atomic mass is 9.92. The molecule has 1 N–H and O–H groups in total. The molecule has 0 bridgehead atoms. The fraction of sp³-hybridized carbons (Fsp3) is 0.550. The first kappa shape index (κ1) is 17.8. The first-order chi connectivity index (χ1) is 13.0. The van der Waals surface area contributed by atoms with Crippen molar-refractivity contribution in [1.82, 2.24) is 19.4 Å². The highest BCUT2D eigenvalue weighted by Crippen LogP contribution is 2.24. The molecular formula is C20H26N4O3. The summed E-state index contributed by atoms with van der Waals surface area (Å²) < 4.78 is 1.53. The Morgan fingerprint density at radius 1 is 1.07 bits per heavy atom. The molecule has 2 amide bonds. The Morgan fingerprint density at radius 3 is 2.48 bits per heavy atom. The number of piperidine rings is 1. The Labute approximate surface area is 157 Å². The Bertz CT molecular complexity index is 915. The van der Waals surface area contributed by atoms with Gasteiger partial charge in [-0.1, -0.05) is 0 Å². The van der Waals surface area contributed by atoms with Gasteiger partial charge in [0.25, 0.3) is 5.91 Å². The van der Waals surface area contributed by atoms with E-state index in [1.807, 2.05) is 15.9 Å². The average Bonchev–Trinajstić information content (AvgIpc) is 3.31. The number of likely N-dealkylation sites (tertiary alicyclic amines) is 2. The van der Waals surface area contributed by atoms with Crippen molar-refractivity contribution in [3.63, 3.8) is 0 Å². The van der Waals surface area contributed by atoms with E-state index in [0.29, 0.717) is 36.5 Å². The lowest BCUT2D eigenvalue weighted by Crippen LogP contribution is -2.40. The molecule has 3 heterocycles. The zero-order chi connectivity index (χ0) is 19.0. The van der Waals surface area contributed by atoms with Crippen LogP contribution in [0.1, 0.15) is 42.5 Å². The van der Waals surface area contributed by atoms with Crippen LogP contribution in [0.15, 0.2) is 23.0 Å². The fourth-order valence-electron chi connectivity index (χ4n) is 4.24. The maximum atomic E-state index is 12.8. The molecule has 2 fully saturated rings. The van der Waals surface area contributed by atoms with Crippen molar-refractivity contribution in [2.24, 2.45) is 13.0 Å². The summed E-state index contributed by atoms with van der Waals surface area (Å²) in [6, 6.07) is 5.34. The number of carbonyl (C=O) groups excluding carboxylic acids is 2. The molecule has 7 nitrogen and oxygen atoms in total. The smallest absolute Gasteiger partial charge is 0.326 e. The van der Waals surface area contributed by atoms with Crippen molar-refractivity contribution in [1.29, 1.82) is 0 Å². The Kier molecular flexibility index (Phi) is 4.76. The highest BCUT2D eigenvalue weighted by molar-refractivity contribution is 5.97. The predicted octanol–water partition coefficient (Wildman–Crippen LogP) is 1.73. The Morgan fingerprint density at radius 2 is 1.78 bits per heavy atom. The summed E-state index contributed by atoms with van der Waals surface area (Å²) in [5.41, 5.74) is 1.88. The van der Waals surface area contributed by atoms with E-state index in [-0.39, 0.29) is 17.5 Å². The summed E-state index contributed by atoms with van der Waals surface area (Å²) in [6.07, 6.45) is 4.59. The third kappa shape index (κ3) is 3.50. The van der Waals surface area contributed by atoms with Gasteiger partial charge in [-0.2, -0.15) is 0 Å². The molecule has 27 heavy (non-hydrogen) atoms. The van der Waals surface area contributed by atoms with Crippen molar-refractivity contribution in [2.75, 3.05) is 26.2 Å². The zero-order valence-corrected chi connectivity index (χ0v) is 15.7. The fourth-order valence-corrected chi connectivity index (χ4v) is 4.24. The van der Waals surface area contributed by atoms with Gasteiger partial charge in [0.2, 0.25) is 5.91 Å². The number of nitrogens with zero attached hydrogens (tertiary/aromatic N) is 3. The van der Waals surface area contributed by atoms with Crippen LogP contribution in [0.5, 0.6) is 0 Å². The summed E-state index contributed by atoms with van der Waals surface area (Å²) in [5, 5.41) is 0. The maximum absolute atomic E-state index is 12.8. The van der Waals surface area contributed by atoms with Gasteiger partial charge in [-0.25, -0.2) is 4.79 Å². The van der Waals surface area contributed by atoms with Crippen LogP contribution >= 0.6 is 0 Å². The van der Waals surface area contributed by atoms with Crippen molar-refractivity contribution < 1.29 is 9.59 Å². The van der Waals surface area contributed by atoms with E-state index in [1.165, 1.54) is 4.57 Å². The maximum Gasteiger partial charge on any atom is 0.326 e. The Hall–Kier alpha value is -2.57. The Balaban J connectivity index is 1.37. The van der Waals surface area contributed by atoms with E-state index in [0.717, 1.165) is 44.3 Å². The molecule has 2 aliphatic heterocycles. The molecule has 0 radical (unpaired) electrons. The number of rotatable bonds is 3. The predicted molar refractivity (Wildman–Crippen MR) is 103 cm³/mol. The number of amides is 2. The second-order valence-electron chi connectivity index (χ2n) is 7.75. The summed E-state index contributed by atoms with van der Waals surface area (Å²) >= 11 is 0. The van der Waals surface area contributed by atoms with Gasteiger partial charge in [-0.05, 0) is 49.8 Å². The minimum Gasteiger partial charge on any atom is -0.343 e. The summed E-state index contributed by atoms with van der Waals surface area (Å²) in [4.78, 5) is 43.5. The number of hydrogen-bond donors (Lipinski definition) is 1. The van der Waals surface area contributed by atoms with Gasteiger partial charge < -0.3 is 14.8 Å². The lowest BCUT2D eigenvalue weighted by molar-refractivity contribution is -0.131. The average molecular weight is 370 g/mol. The minimum absolute atomic E-state index is 0.00841. The zero-order valence-electron chi connectivity index (χ0n) is 15.7. The molecule has 7 heteroatoms. The molecule has 0 saturated carbocycles. The van der Waals surface area contributed by atoms with Crippen LogP contribution in [0.25, 0.3) is 11.0 Å². The quantitative estimate of drug-likeness (QED) is 0.894. The van der Waals surface area contributed by atoms with E-state index in [9.17, 15) is 14.4 Å². The molecular weight excluding hydrogens is 344 g/mol. The molecule has 0 spiro atoms. The van der Waals surface area contributed by atoms with E-state index in [1.54, 1.807) is 19.2 Å². The number of aromatic amines is 1. The van der Waals surface area contributed by atoms with E-state index >= 15 is 0 Å². The van der Waals surface area contributed by atoms with Gasteiger partial charge in [0.05, 0.1) is 11.0 Å². The lowest BCUT2D eigenvalue weighted by Gasteiger charge is -2.32. The molecule has 1 aromatic carbocycles. The number of H-pyrrole nitrogens is 1. The number of carbonyl (C=O) groups is 2. The highest BCUT2D eigenvalue weighted by atomic mass is 16.2. The van der Waals surface area contributed by atoms with Crippen LogP contribution in [-0.4, -0.2) is 57.3 Å². The first-order valence-electron chi connectivity index (χ1n) is 9.79. The van der Waals surface area contributed by atoms with E-state index in [4.69, 9.17) is 0 Å². The largest absolute Gasteiger partial charge is 0.343 e. The van der Waals surface area contributed by atoms with Crippen LogP contribution in [0.3, 0.4) is 0 Å². The molecule has 0 aliphatic carbocycles. The molecule has 2 saturated heterocycles. The number of aromatic nitrogens is 2. The SMILES string of the molecule is Cn1c(=O)[nH]c2cc(C(=O)N3CCC(CC(=O)N4CCCC4)CC3)ccc21. The number of hydrogen-bond acceptors (Lipinski definition) is 3. The van der Waals surface area contributed by atoms with Gasteiger partial charge in [0.15, 0.2) is 0 Å². The van der Waals surface area contributed by atoms with Crippen molar-refractivity contribution in [3.05, 3.63) is 34.2 Å². The van der Waals surface area contributed by atoms with Gasteiger partial charge in [0, 0.05) is 45.2 Å². The van der Waals surface area contributed by atoms with Crippen molar-refractivity contribution in [2.45, 2.75) is 32.1 Å². The van der Waals surface area contributed by atoms with Crippen molar-refractivity contribution in [3.8, 4) is 0 Å². The number of benzene rings is 1. The van der Waals surface area contributed by atoms with E-state index in [2.05, 4.69) is 4.98 Å². The number of fused-ring (bicyclic) bond motifs is 1. The van der Waals surface area contributed by atoms with Gasteiger partial charge in [-0.15, -0.1) is 0 Å². The third-order valence-electron chi connectivity index (χ3n) is 5.97. The second-order valence-corrected chi connectivity index (χ2v) is 7.75. The molecule has 0 unspecified atom stereocenters. The van der Waals surface area contributed by atoms with Gasteiger partial charge in [-0.3, -0.25) is 14.2 Å². The van der Waals surface area contributed by atoms with Crippen LogP contribution in [0.4, 0.5) is 0 Å². The van der Waals surface area contributed by atoms with Crippen LogP contribution in [-0.2, 0) is 11.8 Å². The monoisotopic (exact) mass is 370 g/mol. The number of nitrogens with one attached hydrogen (secondary N) is 1. The van der Waals surface area contributed by atoms with Crippen molar-refractivity contribution >= 4 is 22.8 Å². The summed E-state index contributed by atoms with van der Waals surface area (Å²) in [7, 11) is 1.71. The van der Waals surface area contributed by atoms with Crippen LogP contribution in [0, 0.1) is 5.92 Å². The standard InChI is InChI=1S/C20H26N4O3/c1-22-17-5-4-15(13-16(17)21-20(22)27)19(26)24-10-6-14(7-11-24)12-18(25)23-8-2-3-9-23/h4-5,13-14H,2-3,6-12H2,1H3,(H,21,27). The van der Waals surface area contributed by atoms with Crippen LogP contribution < -0.4 is 5.69 Å². The summed E-state index contributed by atoms with van der Waals surface area (Å²) in [6.45, 7) is 3.17. The minimum atomic E-state index is -0.182. The van der Waals surface area contributed by atoms with Gasteiger partial charge in [0.1, 0.15) is 0 Å². The first-order valence-corrected chi connectivity index (χ1v) is 9.79. The number of imidazole rings is 1. The molecule has 2 aliphatic rings.